The monoisotopic (exact) mass is 498 g/mol. The summed E-state index contributed by atoms with van der Waals surface area (Å²) < 4.78 is 10.9. The molecule has 1 spiro atoms. The average Bonchev–Trinajstić information content (AvgIpc) is 3.37. The van der Waals surface area contributed by atoms with Gasteiger partial charge in [0.25, 0.3) is 5.91 Å². The molecule has 1 aliphatic carbocycles. The van der Waals surface area contributed by atoms with Gasteiger partial charge in [-0.1, -0.05) is 12.1 Å². The van der Waals surface area contributed by atoms with Crippen molar-refractivity contribution in [2.24, 2.45) is 5.92 Å². The smallest absolute Gasteiger partial charge is 0.327 e. The Morgan fingerprint density at radius 2 is 2.08 bits per heavy atom. The van der Waals surface area contributed by atoms with Crippen molar-refractivity contribution in [1.82, 2.24) is 4.98 Å². The standard InChI is InChI=1S/C27H22N4O6/c28-15-16-4-5-17(2-1-3-23(32)33)21(12-16)30-25(35)20-14-27(20)8-10-36-22-7-6-18(13-19(22)27)24(34)31-26-29-9-11-37-26/h1,3-7,9,11-13,20H,2,8,10,14H2,(H,30,35)(H,32,33)(H,29,31,34)/t20-,27-/m0/s1. The van der Waals surface area contributed by atoms with Crippen molar-refractivity contribution >= 4 is 29.5 Å². The molecular weight excluding hydrogens is 476 g/mol. The Balaban J connectivity index is 1.37. The van der Waals surface area contributed by atoms with Crippen molar-refractivity contribution in [3.63, 3.8) is 0 Å². The summed E-state index contributed by atoms with van der Waals surface area (Å²) in [6.45, 7) is 0.452. The molecule has 2 amide bonds. The predicted octanol–water partition coefficient (Wildman–Crippen LogP) is 3.66. The van der Waals surface area contributed by atoms with E-state index in [0.717, 1.165) is 11.6 Å². The van der Waals surface area contributed by atoms with Gasteiger partial charge in [-0.2, -0.15) is 5.26 Å². The Hall–Kier alpha value is -4.91. The van der Waals surface area contributed by atoms with E-state index in [9.17, 15) is 19.6 Å². The Bertz CT molecular complexity index is 1460. The molecule has 2 atom stereocenters. The average molecular weight is 498 g/mol. The Morgan fingerprint density at radius 3 is 2.84 bits per heavy atom. The number of hydrogen-bond acceptors (Lipinski definition) is 7. The second-order valence-corrected chi connectivity index (χ2v) is 8.93. The first kappa shape index (κ1) is 23.8. The number of anilines is 2. The van der Waals surface area contributed by atoms with Gasteiger partial charge in [-0.25, -0.2) is 9.78 Å². The van der Waals surface area contributed by atoms with Crippen LogP contribution in [0.3, 0.4) is 0 Å². The third-order valence-electron chi connectivity index (χ3n) is 6.72. The normalized spacial score (nSPS) is 19.5. The van der Waals surface area contributed by atoms with E-state index in [1.165, 1.54) is 18.5 Å². The van der Waals surface area contributed by atoms with Crippen LogP contribution in [-0.4, -0.2) is 34.5 Å². The lowest BCUT2D eigenvalue weighted by Crippen LogP contribution is -2.27. The minimum atomic E-state index is -1.06. The molecule has 186 valence electrons. The number of carbonyl (C=O) groups is 3. The molecule has 37 heavy (non-hydrogen) atoms. The maximum atomic E-state index is 13.4. The lowest BCUT2D eigenvalue weighted by atomic mass is 9.86. The van der Waals surface area contributed by atoms with Crippen molar-refractivity contribution in [2.75, 3.05) is 17.2 Å². The van der Waals surface area contributed by atoms with Gasteiger partial charge in [0.15, 0.2) is 0 Å². The number of carbonyl (C=O) groups excluding carboxylic acids is 2. The second-order valence-electron chi connectivity index (χ2n) is 8.93. The molecule has 5 rings (SSSR count). The molecule has 10 heteroatoms. The van der Waals surface area contributed by atoms with Gasteiger partial charge in [-0.05, 0) is 55.2 Å². The highest BCUT2D eigenvalue weighted by molar-refractivity contribution is 6.03. The van der Waals surface area contributed by atoms with Gasteiger partial charge in [-0.15, -0.1) is 0 Å². The minimum Gasteiger partial charge on any atom is -0.493 e. The minimum absolute atomic E-state index is 0.0889. The van der Waals surface area contributed by atoms with Crippen LogP contribution in [-0.2, 0) is 21.4 Å². The fourth-order valence-corrected chi connectivity index (χ4v) is 4.79. The molecular formula is C27H22N4O6. The number of hydrogen-bond donors (Lipinski definition) is 3. The van der Waals surface area contributed by atoms with Crippen molar-refractivity contribution < 1.29 is 28.6 Å². The summed E-state index contributed by atoms with van der Waals surface area (Å²) in [5.74, 6) is -1.37. The zero-order valence-electron chi connectivity index (χ0n) is 19.6. The first-order chi connectivity index (χ1) is 17.9. The molecule has 1 saturated carbocycles. The molecule has 2 aromatic carbocycles. The highest BCUT2D eigenvalue weighted by Gasteiger charge is 2.61. The molecule has 10 nitrogen and oxygen atoms in total. The second kappa shape index (κ2) is 9.62. The van der Waals surface area contributed by atoms with Crippen LogP contribution in [0.2, 0.25) is 0 Å². The molecule has 2 heterocycles. The summed E-state index contributed by atoms with van der Waals surface area (Å²) in [5, 5.41) is 23.7. The number of rotatable bonds is 7. The SMILES string of the molecule is N#Cc1ccc(CC=CC(=O)O)c(NC(=O)[C@@H]2C[C@]23CCOc2ccc(C(=O)Nc4ncco4)cc23)c1. The quantitative estimate of drug-likeness (QED) is 0.417. The van der Waals surface area contributed by atoms with Crippen molar-refractivity contribution in [2.45, 2.75) is 24.7 Å². The zero-order valence-corrected chi connectivity index (χ0v) is 19.6. The summed E-state index contributed by atoms with van der Waals surface area (Å²) >= 11 is 0. The molecule has 3 N–H and O–H groups in total. The van der Waals surface area contributed by atoms with Crippen molar-refractivity contribution in [3.05, 3.63) is 83.3 Å². The summed E-state index contributed by atoms with van der Waals surface area (Å²) in [7, 11) is 0. The van der Waals surface area contributed by atoms with Crippen LogP contribution in [0.5, 0.6) is 5.75 Å². The topological polar surface area (TPSA) is 155 Å². The first-order valence-corrected chi connectivity index (χ1v) is 11.6. The van der Waals surface area contributed by atoms with Crippen LogP contribution < -0.4 is 15.4 Å². The number of amides is 2. The summed E-state index contributed by atoms with van der Waals surface area (Å²) in [6, 6.07) is 12.2. The summed E-state index contributed by atoms with van der Waals surface area (Å²) in [5.41, 5.74) is 2.26. The van der Waals surface area contributed by atoms with Crippen molar-refractivity contribution in [3.8, 4) is 11.8 Å². The Morgan fingerprint density at radius 1 is 1.22 bits per heavy atom. The van der Waals surface area contributed by atoms with Crippen molar-refractivity contribution in [1.29, 1.82) is 5.26 Å². The Kier molecular flexibility index (Phi) is 6.19. The van der Waals surface area contributed by atoms with E-state index in [-0.39, 0.29) is 30.2 Å². The number of nitrogens with one attached hydrogen (secondary N) is 2. The number of aliphatic carboxylic acids is 1. The lowest BCUT2D eigenvalue weighted by Gasteiger charge is -2.27. The van der Waals surface area contributed by atoms with Crippen LogP contribution in [0.4, 0.5) is 11.7 Å². The third kappa shape index (κ3) is 4.79. The van der Waals surface area contributed by atoms with E-state index in [1.54, 1.807) is 36.4 Å². The fraction of sp³-hybridized carbons (Fsp3) is 0.222. The van der Waals surface area contributed by atoms with E-state index in [2.05, 4.69) is 21.7 Å². The fourth-order valence-electron chi connectivity index (χ4n) is 4.79. The lowest BCUT2D eigenvalue weighted by molar-refractivity contribution is -0.131. The number of aromatic nitrogens is 1. The highest BCUT2D eigenvalue weighted by Crippen LogP contribution is 2.61. The van der Waals surface area contributed by atoms with Crippen LogP contribution in [0.15, 0.2) is 65.4 Å². The number of allylic oxidation sites excluding steroid dienone is 1. The van der Waals surface area contributed by atoms with Gasteiger partial charge in [0.1, 0.15) is 12.0 Å². The summed E-state index contributed by atoms with van der Waals surface area (Å²) in [6.07, 6.45) is 6.80. The number of nitriles is 1. The molecule has 1 fully saturated rings. The molecule has 0 saturated heterocycles. The molecule has 3 aromatic rings. The third-order valence-corrected chi connectivity index (χ3v) is 6.72. The van der Waals surface area contributed by atoms with Gasteiger partial charge in [0.2, 0.25) is 5.91 Å². The van der Waals surface area contributed by atoms with Crippen LogP contribution in [0.25, 0.3) is 0 Å². The largest absolute Gasteiger partial charge is 0.493 e. The molecule has 0 radical (unpaired) electrons. The van der Waals surface area contributed by atoms with E-state index in [0.29, 0.717) is 47.6 Å². The van der Waals surface area contributed by atoms with Crippen LogP contribution >= 0.6 is 0 Å². The van der Waals surface area contributed by atoms with E-state index in [1.807, 2.05) is 0 Å². The van der Waals surface area contributed by atoms with Gasteiger partial charge in [0.05, 0.1) is 24.4 Å². The van der Waals surface area contributed by atoms with Crippen LogP contribution in [0, 0.1) is 17.2 Å². The van der Waals surface area contributed by atoms with Gasteiger partial charge in [-0.3, -0.25) is 14.9 Å². The number of oxazole rings is 1. The number of benzene rings is 2. The highest BCUT2D eigenvalue weighted by atomic mass is 16.5. The number of ether oxygens (including phenoxy) is 1. The maximum absolute atomic E-state index is 13.4. The summed E-state index contributed by atoms with van der Waals surface area (Å²) in [4.78, 5) is 40.8. The number of carboxylic acid groups (broad SMARTS) is 1. The molecule has 0 bridgehead atoms. The van der Waals surface area contributed by atoms with E-state index in [4.69, 9.17) is 14.3 Å². The molecule has 1 aromatic heterocycles. The van der Waals surface area contributed by atoms with E-state index >= 15 is 0 Å². The van der Waals surface area contributed by atoms with E-state index < -0.39 is 11.4 Å². The Labute approximate surface area is 211 Å². The predicted molar refractivity (Wildman–Crippen MR) is 131 cm³/mol. The zero-order chi connectivity index (χ0) is 26.0. The molecule has 2 aliphatic rings. The van der Waals surface area contributed by atoms with Gasteiger partial charge in [0, 0.05) is 34.2 Å². The first-order valence-electron chi connectivity index (χ1n) is 11.6. The van der Waals surface area contributed by atoms with Gasteiger partial charge < -0.3 is 19.6 Å². The maximum Gasteiger partial charge on any atom is 0.327 e. The number of fused-ring (bicyclic) bond motifs is 2. The van der Waals surface area contributed by atoms with Gasteiger partial charge >= 0.3 is 12.0 Å². The van der Waals surface area contributed by atoms with Crippen LogP contribution in [0.1, 0.15) is 39.9 Å². The number of carboxylic acids is 1. The molecule has 0 unspecified atom stereocenters. The number of nitrogens with zero attached hydrogens (tertiary/aromatic N) is 2. The molecule has 1 aliphatic heterocycles.